The van der Waals surface area contributed by atoms with Crippen LogP contribution in [0.5, 0.6) is 0 Å². The Morgan fingerprint density at radius 3 is 2.47 bits per heavy atom. The Labute approximate surface area is 92.3 Å². The highest BCUT2D eigenvalue weighted by Gasteiger charge is 2.04. The minimum absolute atomic E-state index is 0.230. The molecular weight excluding hydrogens is 196 g/mol. The van der Waals surface area contributed by atoms with Crippen LogP contribution in [0.15, 0.2) is 0 Å². The molecule has 0 aromatic carbocycles. The molecule has 5 nitrogen and oxygen atoms in total. The first-order valence-corrected chi connectivity index (χ1v) is 5.30. The number of aliphatic hydroxyl groups excluding tert-OH is 1. The molecule has 0 saturated heterocycles. The summed E-state index contributed by atoms with van der Waals surface area (Å²) in [5.41, 5.74) is 2.98. The van der Waals surface area contributed by atoms with Gasteiger partial charge in [0, 0.05) is 20.6 Å². The fourth-order valence-corrected chi connectivity index (χ4v) is 0.909. The van der Waals surface area contributed by atoms with Crippen LogP contribution in [0.4, 0.5) is 0 Å². The molecule has 0 radical (unpaired) electrons. The minimum atomic E-state index is -0.480. The van der Waals surface area contributed by atoms with Crippen LogP contribution in [0.1, 0.15) is 13.8 Å². The SMILES string of the molecule is CC(C)OCCOCC(O)CNN(C)C. The van der Waals surface area contributed by atoms with Crippen molar-refractivity contribution in [2.75, 3.05) is 40.5 Å². The average molecular weight is 220 g/mol. The van der Waals surface area contributed by atoms with E-state index < -0.39 is 6.10 Å². The maximum atomic E-state index is 9.45. The summed E-state index contributed by atoms with van der Waals surface area (Å²) in [4.78, 5) is 0. The van der Waals surface area contributed by atoms with Crippen molar-refractivity contribution in [2.45, 2.75) is 26.1 Å². The molecule has 0 spiro atoms. The highest BCUT2D eigenvalue weighted by Crippen LogP contribution is 1.89. The van der Waals surface area contributed by atoms with E-state index in [4.69, 9.17) is 9.47 Å². The predicted octanol–water partition coefficient (Wildman–Crippen LogP) is -0.145. The Morgan fingerprint density at radius 2 is 1.93 bits per heavy atom. The van der Waals surface area contributed by atoms with Crippen LogP contribution in [0.25, 0.3) is 0 Å². The second-order valence-corrected chi connectivity index (χ2v) is 3.90. The van der Waals surface area contributed by atoms with Crippen LogP contribution in [0, 0.1) is 0 Å². The maximum absolute atomic E-state index is 9.45. The molecule has 0 aromatic heterocycles. The molecule has 0 rings (SSSR count). The topological polar surface area (TPSA) is 54.0 Å². The number of aliphatic hydroxyl groups is 1. The van der Waals surface area contributed by atoms with E-state index in [1.807, 2.05) is 27.9 Å². The van der Waals surface area contributed by atoms with Crippen LogP contribution in [0.2, 0.25) is 0 Å². The van der Waals surface area contributed by atoms with Crippen molar-refractivity contribution in [3.8, 4) is 0 Å². The van der Waals surface area contributed by atoms with E-state index >= 15 is 0 Å². The van der Waals surface area contributed by atoms with Gasteiger partial charge in [-0.25, -0.2) is 0 Å². The van der Waals surface area contributed by atoms with E-state index in [-0.39, 0.29) is 6.10 Å². The Kier molecular flexibility index (Phi) is 8.94. The monoisotopic (exact) mass is 220 g/mol. The molecule has 0 heterocycles. The summed E-state index contributed by atoms with van der Waals surface area (Å²) in [6.45, 7) is 5.90. The second kappa shape index (κ2) is 9.06. The first kappa shape index (κ1) is 14.8. The maximum Gasteiger partial charge on any atom is 0.0911 e. The largest absolute Gasteiger partial charge is 0.389 e. The van der Waals surface area contributed by atoms with Crippen molar-refractivity contribution in [3.05, 3.63) is 0 Å². The first-order valence-electron chi connectivity index (χ1n) is 5.30. The Balaban J connectivity index is 3.20. The Hall–Kier alpha value is -0.200. The molecule has 0 fully saturated rings. The molecule has 0 aliphatic rings. The van der Waals surface area contributed by atoms with Crippen molar-refractivity contribution in [1.29, 1.82) is 0 Å². The molecule has 1 unspecified atom stereocenters. The van der Waals surface area contributed by atoms with Gasteiger partial charge in [-0.3, -0.25) is 10.4 Å². The van der Waals surface area contributed by atoms with E-state index in [2.05, 4.69) is 5.43 Å². The lowest BCUT2D eigenvalue weighted by Crippen LogP contribution is -2.38. The molecule has 0 saturated carbocycles. The molecule has 5 heteroatoms. The number of rotatable bonds is 9. The van der Waals surface area contributed by atoms with Crippen molar-refractivity contribution in [2.24, 2.45) is 0 Å². The molecule has 2 N–H and O–H groups in total. The van der Waals surface area contributed by atoms with Crippen molar-refractivity contribution < 1.29 is 14.6 Å². The number of nitrogens with one attached hydrogen (secondary N) is 1. The number of nitrogens with zero attached hydrogens (tertiary/aromatic N) is 1. The summed E-state index contributed by atoms with van der Waals surface area (Å²) in [5.74, 6) is 0. The molecule has 92 valence electrons. The lowest BCUT2D eigenvalue weighted by molar-refractivity contribution is -0.0131. The van der Waals surface area contributed by atoms with E-state index in [9.17, 15) is 5.11 Å². The Morgan fingerprint density at radius 1 is 1.27 bits per heavy atom. The molecule has 1 atom stereocenters. The van der Waals surface area contributed by atoms with Gasteiger partial charge in [-0.1, -0.05) is 0 Å². The quantitative estimate of drug-likeness (QED) is 0.418. The highest BCUT2D eigenvalue weighted by molar-refractivity contribution is 4.55. The third-order valence-corrected chi connectivity index (χ3v) is 1.63. The van der Waals surface area contributed by atoms with Crippen LogP contribution in [0.3, 0.4) is 0 Å². The molecule has 0 aromatic rings. The van der Waals surface area contributed by atoms with E-state index in [0.29, 0.717) is 26.4 Å². The van der Waals surface area contributed by atoms with Crippen molar-refractivity contribution in [1.82, 2.24) is 10.4 Å². The van der Waals surface area contributed by atoms with Crippen LogP contribution >= 0.6 is 0 Å². The summed E-state index contributed by atoms with van der Waals surface area (Å²) < 4.78 is 10.5. The van der Waals surface area contributed by atoms with Crippen LogP contribution in [-0.2, 0) is 9.47 Å². The molecule has 0 bridgehead atoms. The third-order valence-electron chi connectivity index (χ3n) is 1.63. The van der Waals surface area contributed by atoms with Gasteiger partial charge in [0.1, 0.15) is 0 Å². The summed E-state index contributed by atoms with van der Waals surface area (Å²) in [7, 11) is 3.76. The third kappa shape index (κ3) is 11.7. The van der Waals surface area contributed by atoms with Gasteiger partial charge in [-0.2, -0.15) is 0 Å². The molecule has 15 heavy (non-hydrogen) atoms. The number of hydrogen-bond donors (Lipinski definition) is 2. The van der Waals surface area contributed by atoms with E-state index in [0.717, 1.165) is 0 Å². The average Bonchev–Trinajstić information content (AvgIpc) is 2.13. The van der Waals surface area contributed by atoms with Gasteiger partial charge in [-0.05, 0) is 13.8 Å². The lowest BCUT2D eigenvalue weighted by atomic mass is 10.4. The Bertz CT molecular complexity index is 143. The van der Waals surface area contributed by atoms with Gasteiger partial charge in [0.15, 0.2) is 0 Å². The number of hydrogen-bond acceptors (Lipinski definition) is 5. The molecule has 0 amide bonds. The second-order valence-electron chi connectivity index (χ2n) is 3.90. The number of hydrazine groups is 1. The van der Waals surface area contributed by atoms with Gasteiger partial charge < -0.3 is 14.6 Å². The highest BCUT2D eigenvalue weighted by atomic mass is 16.5. The molecule has 0 aliphatic heterocycles. The molecular formula is C10H24N2O3. The van der Waals surface area contributed by atoms with E-state index in [1.165, 1.54) is 0 Å². The van der Waals surface area contributed by atoms with Crippen LogP contribution in [-0.4, -0.2) is 62.8 Å². The van der Waals surface area contributed by atoms with Gasteiger partial charge in [0.05, 0.1) is 32.0 Å². The zero-order chi connectivity index (χ0) is 11.7. The summed E-state index contributed by atoms with van der Waals surface area (Å²) in [6, 6.07) is 0. The number of ether oxygens (including phenoxy) is 2. The fourth-order valence-electron chi connectivity index (χ4n) is 0.909. The predicted molar refractivity (Wildman–Crippen MR) is 59.6 cm³/mol. The zero-order valence-electron chi connectivity index (χ0n) is 10.2. The van der Waals surface area contributed by atoms with Gasteiger partial charge in [-0.15, -0.1) is 0 Å². The van der Waals surface area contributed by atoms with E-state index in [1.54, 1.807) is 5.01 Å². The smallest absolute Gasteiger partial charge is 0.0911 e. The normalized spacial score (nSPS) is 13.8. The van der Waals surface area contributed by atoms with Gasteiger partial charge in [0.2, 0.25) is 0 Å². The standard InChI is InChI=1S/C10H24N2O3/c1-9(2)15-6-5-14-8-10(13)7-11-12(3)4/h9-11,13H,5-8H2,1-4H3. The fraction of sp³-hybridized carbons (Fsp3) is 1.00. The zero-order valence-corrected chi connectivity index (χ0v) is 10.2. The van der Waals surface area contributed by atoms with Crippen molar-refractivity contribution >= 4 is 0 Å². The minimum Gasteiger partial charge on any atom is -0.389 e. The summed E-state index contributed by atoms with van der Waals surface area (Å²) >= 11 is 0. The van der Waals surface area contributed by atoms with Crippen LogP contribution < -0.4 is 5.43 Å². The molecule has 0 aliphatic carbocycles. The van der Waals surface area contributed by atoms with Crippen molar-refractivity contribution in [3.63, 3.8) is 0 Å². The first-order chi connectivity index (χ1) is 7.02. The summed E-state index contributed by atoms with van der Waals surface area (Å²) in [5, 5.41) is 11.2. The van der Waals surface area contributed by atoms with Gasteiger partial charge >= 0.3 is 0 Å². The lowest BCUT2D eigenvalue weighted by Gasteiger charge is -2.16. The van der Waals surface area contributed by atoms with Gasteiger partial charge in [0.25, 0.3) is 0 Å². The summed E-state index contributed by atoms with van der Waals surface area (Å²) in [6.07, 6.45) is -0.250.